The van der Waals surface area contributed by atoms with Crippen LogP contribution in [0.25, 0.3) is 0 Å². The summed E-state index contributed by atoms with van der Waals surface area (Å²) in [6, 6.07) is 5.42. The minimum Gasteiger partial charge on any atom is -0.481 e. The lowest BCUT2D eigenvalue weighted by Crippen LogP contribution is -2.42. The first kappa shape index (κ1) is 17.4. The Morgan fingerprint density at radius 2 is 2.28 bits per heavy atom. The Hall–Kier alpha value is -2.41. The number of aromatic nitrogens is 3. The molecule has 2 aromatic rings. The third-order valence-electron chi connectivity index (χ3n) is 4.39. The van der Waals surface area contributed by atoms with Crippen LogP contribution in [0, 0.1) is 0 Å². The molecular weight excluding hydrogens is 320 g/mol. The third kappa shape index (κ3) is 3.99. The standard InChI is InChI=1S/C18H24N4O3/c1-11(2)14-10-15(22-21-14)18(23)20-13-5-4-8-25-17(13)12-6-7-19-16(9-12)24-3/h6-7,9-11,13,17H,4-5,8H2,1-3H3,(H,20,23)(H,21,22)/t13-,17+/m0/s1. The molecule has 0 aliphatic carbocycles. The van der Waals surface area contributed by atoms with E-state index in [2.05, 4.69) is 34.3 Å². The summed E-state index contributed by atoms with van der Waals surface area (Å²) in [5.74, 6) is 0.638. The Bertz CT molecular complexity index is 729. The van der Waals surface area contributed by atoms with Crippen molar-refractivity contribution in [3.05, 3.63) is 41.3 Å². The molecule has 0 bridgehead atoms. The van der Waals surface area contributed by atoms with Crippen molar-refractivity contribution in [2.45, 2.75) is 44.8 Å². The monoisotopic (exact) mass is 344 g/mol. The number of aromatic amines is 1. The molecule has 25 heavy (non-hydrogen) atoms. The molecule has 0 radical (unpaired) electrons. The SMILES string of the molecule is COc1cc([C@H]2OCCC[C@@H]2NC(=O)c2cc(C(C)C)[nH]n2)ccn1. The summed E-state index contributed by atoms with van der Waals surface area (Å²) in [5, 5.41) is 10.1. The molecule has 1 aliphatic rings. The van der Waals surface area contributed by atoms with Gasteiger partial charge in [0.15, 0.2) is 0 Å². The molecule has 134 valence electrons. The minimum absolute atomic E-state index is 0.118. The zero-order chi connectivity index (χ0) is 17.8. The second-order valence-corrected chi connectivity index (χ2v) is 6.51. The van der Waals surface area contributed by atoms with Gasteiger partial charge in [-0.2, -0.15) is 5.10 Å². The average molecular weight is 344 g/mol. The van der Waals surface area contributed by atoms with E-state index >= 15 is 0 Å². The highest BCUT2D eigenvalue weighted by molar-refractivity contribution is 5.92. The number of carbonyl (C=O) groups excluding carboxylic acids is 1. The topological polar surface area (TPSA) is 89.1 Å². The molecule has 1 fully saturated rings. The molecule has 2 N–H and O–H groups in total. The Morgan fingerprint density at radius 3 is 3.00 bits per heavy atom. The molecule has 2 atom stereocenters. The van der Waals surface area contributed by atoms with Crippen molar-refractivity contribution in [2.75, 3.05) is 13.7 Å². The fourth-order valence-corrected chi connectivity index (χ4v) is 2.96. The van der Waals surface area contributed by atoms with Crippen molar-refractivity contribution in [1.82, 2.24) is 20.5 Å². The number of hydrogen-bond acceptors (Lipinski definition) is 5. The fourth-order valence-electron chi connectivity index (χ4n) is 2.96. The molecule has 7 nitrogen and oxygen atoms in total. The lowest BCUT2D eigenvalue weighted by molar-refractivity contribution is -0.00966. The maximum Gasteiger partial charge on any atom is 0.272 e. The quantitative estimate of drug-likeness (QED) is 0.870. The van der Waals surface area contributed by atoms with Crippen LogP contribution in [0.15, 0.2) is 24.4 Å². The summed E-state index contributed by atoms with van der Waals surface area (Å²) in [7, 11) is 1.58. The number of ether oxygens (including phenoxy) is 2. The van der Waals surface area contributed by atoms with Gasteiger partial charge in [0, 0.05) is 24.6 Å². The zero-order valence-corrected chi connectivity index (χ0v) is 14.8. The third-order valence-corrected chi connectivity index (χ3v) is 4.39. The van der Waals surface area contributed by atoms with Crippen molar-refractivity contribution in [3.63, 3.8) is 0 Å². The molecule has 1 saturated heterocycles. The number of hydrogen-bond donors (Lipinski definition) is 2. The van der Waals surface area contributed by atoms with E-state index in [4.69, 9.17) is 9.47 Å². The molecular formula is C18H24N4O3. The molecule has 3 rings (SSSR count). The number of amides is 1. The predicted molar refractivity (Wildman–Crippen MR) is 92.6 cm³/mol. The van der Waals surface area contributed by atoms with Gasteiger partial charge >= 0.3 is 0 Å². The van der Waals surface area contributed by atoms with Crippen molar-refractivity contribution in [3.8, 4) is 5.88 Å². The zero-order valence-electron chi connectivity index (χ0n) is 14.8. The van der Waals surface area contributed by atoms with Crippen LogP contribution >= 0.6 is 0 Å². The number of nitrogens with zero attached hydrogens (tertiary/aromatic N) is 2. The number of methoxy groups -OCH3 is 1. The average Bonchev–Trinajstić information content (AvgIpc) is 3.13. The first-order chi connectivity index (χ1) is 12.1. The first-order valence-corrected chi connectivity index (χ1v) is 8.56. The van der Waals surface area contributed by atoms with Crippen LogP contribution in [-0.2, 0) is 4.74 Å². The summed E-state index contributed by atoms with van der Waals surface area (Å²) < 4.78 is 11.1. The molecule has 1 amide bonds. The van der Waals surface area contributed by atoms with Crippen molar-refractivity contribution in [1.29, 1.82) is 0 Å². The van der Waals surface area contributed by atoms with Crippen LogP contribution in [-0.4, -0.2) is 40.8 Å². The number of nitrogens with one attached hydrogen (secondary N) is 2. The molecule has 0 saturated carbocycles. The van der Waals surface area contributed by atoms with Crippen LogP contribution in [0.3, 0.4) is 0 Å². The van der Waals surface area contributed by atoms with Crippen LogP contribution in [0.1, 0.15) is 60.5 Å². The van der Waals surface area contributed by atoms with E-state index in [0.29, 0.717) is 24.1 Å². The summed E-state index contributed by atoms with van der Waals surface area (Å²) in [4.78, 5) is 16.7. The van der Waals surface area contributed by atoms with Gasteiger partial charge in [0.2, 0.25) is 5.88 Å². The lowest BCUT2D eigenvalue weighted by Gasteiger charge is -2.32. The molecule has 1 aliphatic heterocycles. The van der Waals surface area contributed by atoms with Gasteiger partial charge in [-0.15, -0.1) is 0 Å². The van der Waals surface area contributed by atoms with Gasteiger partial charge in [0.25, 0.3) is 5.91 Å². The first-order valence-electron chi connectivity index (χ1n) is 8.56. The molecule has 0 spiro atoms. The second kappa shape index (κ2) is 7.65. The molecule has 3 heterocycles. The van der Waals surface area contributed by atoms with E-state index in [9.17, 15) is 4.79 Å². The van der Waals surface area contributed by atoms with Gasteiger partial charge in [-0.3, -0.25) is 9.89 Å². The Labute approximate surface area is 147 Å². The number of H-pyrrole nitrogens is 1. The van der Waals surface area contributed by atoms with Gasteiger partial charge in [-0.25, -0.2) is 4.98 Å². The van der Waals surface area contributed by atoms with Crippen molar-refractivity contribution in [2.24, 2.45) is 0 Å². The highest BCUT2D eigenvalue weighted by Gasteiger charge is 2.30. The smallest absolute Gasteiger partial charge is 0.272 e. The molecule has 7 heteroatoms. The van der Waals surface area contributed by atoms with Gasteiger partial charge in [-0.1, -0.05) is 13.8 Å². The molecule has 2 aromatic heterocycles. The fraction of sp³-hybridized carbons (Fsp3) is 0.500. The Balaban J connectivity index is 1.75. The van der Waals surface area contributed by atoms with Gasteiger partial charge in [0.1, 0.15) is 11.8 Å². The summed E-state index contributed by atoms with van der Waals surface area (Å²) >= 11 is 0. The van der Waals surface area contributed by atoms with E-state index in [1.165, 1.54) is 0 Å². The normalized spacial score (nSPS) is 20.5. The van der Waals surface area contributed by atoms with Gasteiger partial charge in [0.05, 0.1) is 13.2 Å². The lowest BCUT2D eigenvalue weighted by atomic mass is 9.96. The van der Waals surface area contributed by atoms with Crippen LogP contribution in [0.5, 0.6) is 5.88 Å². The number of carbonyl (C=O) groups is 1. The number of rotatable bonds is 5. The highest BCUT2D eigenvalue weighted by atomic mass is 16.5. The molecule has 0 aromatic carbocycles. The van der Waals surface area contributed by atoms with E-state index in [0.717, 1.165) is 24.1 Å². The van der Waals surface area contributed by atoms with Crippen LogP contribution < -0.4 is 10.1 Å². The van der Waals surface area contributed by atoms with Gasteiger partial charge in [-0.05, 0) is 36.5 Å². The maximum atomic E-state index is 12.6. The van der Waals surface area contributed by atoms with E-state index in [1.807, 2.05) is 12.1 Å². The van der Waals surface area contributed by atoms with Crippen LogP contribution in [0.4, 0.5) is 0 Å². The van der Waals surface area contributed by atoms with Crippen LogP contribution in [0.2, 0.25) is 0 Å². The number of pyridine rings is 1. The minimum atomic E-state index is -0.224. The summed E-state index contributed by atoms with van der Waals surface area (Å²) in [5.41, 5.74) is 2.29. The summed E-state index contributed by atoms with van der Waals surface area (Å²) in [6.45, 7) is 4.77. The largest absolute Gasteiger partial charge is 0.481 e. The van der Waals surface area contributed by atoms with E-state index in [1.54, 1.807) is 19.4 Å². The maximum absolute atomic E-state index is 12.6. The van der Waals surface area contributed by atoms with Crippen molar-refractivity contribution < 1.29 is 14.3 Å². The predicted octanol–water partition coefficient (Wildman–Crippen LogP) is 2.59. The van der Waals surface area contributed by atoms with Crippen molar-refractivity contribution >= 4 is 5.91 Å². The second-order valence-electron chi connectivity index (χ2n) is 6.51. The highest BCUT2D eigenvalue weighted by Crippen LogP contribution is 2.30. The van der Waals surface area contributed by atoms with E-state index in [-0.39, 0.29) is 18.1 Å². The van der Waals surface area contributed by atoms with E-state index < -0.39 is 0 Å². The molecule has 0 unspecified atom stereocenters. The van der Waals surface area contributed by atoms with Gasteiger partial charge < -0.3 is 14.8 Å². The Kier molecular flexibility index (Phi) is 5.33. The summed E-state index contributed by atoms with van der Waals surface area (Å²) in [6.07, 6.45) is 3.22. The Morgan fingerprint density at radius 1 is 1.44 bits per heavy atom.